The molecule has 8 nitrogen and oxygen atoms in total. The summed E-state index contributed by atoms with van der Waals surface area (Å²) < 4.78 is 13.9. The summed E-state index contributed by atoms with van der Waals surface area (Å²) >= 11 is 6.16. The number of aromatic nitrogens is 1. The number of hydrogen-bond acceptors (Lipinski definition) is 5. The smallest absolute Gasteiger partial charge is 0.325 e. The third-order valence-electron chi connectivity index (χ3n) is 6.64. The Morgan fingerprint density at radius 2 is 1.95 bits per heavy atom. The topological polar surface area (TPSA) is 109 Å². The van der Waals surface area contributed by atoms with Crippen molar-refractivity contribution in [2.24, 2.45) is 5.92 Å². The van der Waals surface area contributed by atoms with E-state index in [1.54, 1.807) is 36.4 Å². The second-order valence-electron chi connectivity index (χ2n) is 9.28. The molecule has 0 radical (unpaired) electrons. The van der Waals surface area contributed by atoms with Crippen molar-refractivity contribution in [1.29, 1.82) is 0 Å². The molecule has 0 spiro atoms. The number of carbonyl (C=O) groups is 3. The number of urea groups is 1. The predicted molar refractivity (Wildman–Crippen MR) is 144 cm³/mol. The van der Waals surface area contributed by atoms with Crippen molar-refractivity contribution < 1.29 is 18.8 Å². The molecule has 10 heteroatoms. The van der Waals surface area contributed by atoms with Crippen molar-refractivity contribution in [3.63, 3.8) is 0 Å². The SMILES string of the molecule is CCC[C@@H](NC(=O)N1C(=O)[C@H](Cc2ccnc(N)c2)[C@H]1C(=O)N(C)c1cccc(F)c1)c1cccc(Cl)c1. The average Bonchev–Trinajstić information content (AvgIpc) is 2.89. The number of hydrogen-bond donors (Lipinski definition) is 2. The number of nitrogen functional groups attached to an aromatic ring is 1. The summed E-state index contributed by atoms with van der Waals surface area (Å²) in [4.78, 5) is 46.6. The van der Waals surface area contributed by atoms with E-state index in [2.05, 4.69) is 10.3 Å². The van der Waals surface area contributed by atoms with Gasteiger partial charge in [-0.05, 0) is 66.4 Å². The van der Waals surface area contributed by atoms with Gasteiger partial charge in [0.15, 0.2) is 0 Å². The van der Waals surface area contributed by atoms with Crippen LogP contribution in [0.2, 0.25) is 5.02 Å². The van der Waals surface area contributed by atoms with E-state index >= 15 is 0 Å². The van der Waals surface area contributed by atoms with Crippen molar-refractivity contribution in [2.75, 3.05) is 17.7 Å². The van der Waals surface area contributed by atoms with Crippen LogP contribution in [0.1, 0.15) is 36.9 Å². The van der Waals surface area contributed by atoms with Gasteiger partial charge in [-0.2, -0.15) is 0 Å². The van der Waals surface area contributed by atoms with Crippen LogP contribution >= 0.6 is 11.6 Å². The van der Waals surface area contributed by atoms with Crippen LogP contribution < -0.4 is 16.0 Å². The standard InChI is InChI=1S/C28H29ClFN5O3/c1-3-6-23(18-7-4-8-19(29)15-18)33-28(38)35-25(27(37)34(2)21-10-5-9-20(30)16-21)22(26(35)36)13-17-11-12-32-24(31)14-17/h4-5,7-12,14-16,22-23,25H,3,6,13H2,1-2H3,(H2,31,32)(H,33,38)/t22-,23-,25+/m1/s1. The van der Waals surface area contributed by atoms with Crippen LogP contribution in [0.15, 0.2) is 66.9 Å². The number of rotatable bonds is 8. The number of β-lactam (4-membered cyclic amide) rings is 1. The van der Waals surface area contributed by atoms with Crippen molar-refractivity contribution in [3.05, 3.63) is 88.8 Å². The Balaban J connectivity index is 1.62. The Morgan fingerprint density at radius 1 is 1.18 bits per heavy atom. The summed E-state index contributed by atoms with van der Waals surface area (Å²) in [7, 11) is 1.49. The van der Waals surface area contributed by atoms with Gasteiger partial charge in [0.2, 0.25) is 5.91 Å². The minimum Gasteiger partial charge on any atom is -0.384 e. The molecule has 0 unspecified atom stereocenters. The first-order valence-electron chi connectivity index (χ1n) is 12.3. The quantitative estimate of drug-likeness (QED) is 0.403. The molecule has 1 fully saturated rings. The molecule has 1 aliphatic rings. The zero-order valence-corrected chi connectivity index (χ0v) is 21.9. The number of anilines is 2. The maximum absolute atomic E-state index is 13.9. The molecule has 4 amide bonds. The Morgan fingerprint density at radius 3 is 2.63 bits per heavy atom. The minimum absolute atomic E-state index is 0.190. The molecule has 1 aromatic heterocycles. The van der Waals surface area contributed by atoms with Gasteiger partial charge in [0, 0.05) is 24.0 Å². The molecule has 3 aromatic rings. The lowest BCUT2D eigenvalue weighted by atomic mass is 9.81. The summed E-state index contributed by atoms with van der Waals surface area (Å²) in [6.07, 6.45) is 3.08. The van der Waals surface area contributed by atoms with Gasteiger partial charge < -0.3 is 16.0 Å². The summed E-state index contributed by atoms with van der Waals surface area (Å²) in [5.74, 6) is -2.01. The second kappa shape index (κ2) is 11.6. The molecule has 1 aliphatic heterocycles. The summed E-state index contributed by atoms with van der Waals surface area (Å²) in [6.45, 7) is 1.98. The number of imide groups is 1. The number of amides is 4. The average molecular weight is 538 g/mol. The van der Waals surface area contributed by atoms with E-state index < -0.39 is 41.7 Å². The van der Waals surface area contributed by atoms with Gasteiger partial charge in [-0.3, -0.25) is 14.5 Å². The summed E-state index contributed by atoms with van der Waals surface area (Å²) in [6, 6.07) is 13.9. The third-order valence-corrected chi connectivity index (χ3v) is 6.87. The molecule has 38 heavy (non-hydrogen) atoms. The van der Waals surface area contributed by atoms with Crippen LogP contribution in [-0.2, 0) is 16.0 Å². The molecule has 2 aromatic carbocycles. The largest absolute Gasteiger partial charge is 0.384 e. The first-order chi connectivity index (χ1) is 18.2. The number of likely N-dealkylation sites (N-methyl/N-ethyl adjacent to an activating group) is 1. The fourth-order valence-electron chi connectivity index (χ4n) is 4.69. The lowest BCUT2D eigenvalue weighted by Gasteiger charge is -2.46. The van der Waals surface area contributed by atoms with Gasteiger partial charge in [0.25, 0.3) is 5.91 Å². The molecule has 3 N–H and O–H groups in total. The van der Waals surface area contributed by atoms with E-state index in [0.29, 0.717) is 22.7 Å². The van der Waals surface area contributed by atoms with E-state index in [1.807, 2.05) is 13.0 Å². The van der Waals surface area contributed by atoms with Gasteiger partial charge in [0.1, 0.15) is 17.7 Å². The van der Waals surface area contributed by atoms with E-state index in [-0.39, 0.29) is 12.2 Å². The molecule has 2 heterocycles. The monoisotopic (exact) mass is 537 g/mol. The highest BCUT2D eigenvalue weighted by atomic mass is 35.5. The fourth-order valence-corrected chi connectivity index (χ4v) is 4.89. The Kier molecular flexibility index (Phi) is 8.26. The van der Waals surface area contributed by atoms with Gasteiger partial charge in [-0.15, -0.1) is 0 Å². The predicted octanol–water partition coefficient (Wildman–Crippen LogP) is 4.74. The number of pyridine rings is 1. The number of nitrogens with two attached hydrogens (primary N) is 1. The highest BCUT2D eigenvalue weighted by molar-refractivity contribution is 6.30. The third kappa shape index (κ3) is 5.78. The number of carbonyl (C=O) groups excluding carboxylic acids is 3. The molecular formula is C28H29ClFN5O3. The van der Waals surface area contributed by atoms with Crippen LogP contribution in [0.4, 0.5) is 20.7 Å². The Hall–Kier alpha value is -3.98. The number of benzene rings is 2. The second-order valence-corrected chi connectivity index (χ2v) is 9.71. The van der Waals surface area contributed by atoms with Crippen LogP contribution in [0.5, 0.6) is 0 Å². The highest BCUT2D eigenvalue weighted by Crippen LogP contribution is 2.34. The first-order valence-corrected chi connectivity index (χ1v) is 12.7. The normalized spacial score (nSPS) is 17.5. The van der Waals surface area contributed by atoms with Crippen LogP contribution in [-0.4, -0.2) is 40.8 Å². The molecule has 1 saturated heterocycles. The van der Waals surface area contributed by atoms with Gasteiger partial charge >= 0.3 is 6.03 Å². The zero-order valence-electron chi connectivity index (χ0n) is 21.1. The molecule has 0 saturated carbocycles. The van der Waals surface area contributed by atoms with E-state index in [1.165, 1.54) is 36.3 Å². The number of likely N-dealkylation sites (tertiary alicyclic amines) is 1. The Bertz CT molecular complexity index is 1350. The maximum Gasteiger partial charge on any atom is 0.325 e. The van der Waals surface area contributed by atoms with Crippen LogP contribution in [0, 0.1) is 11.7 Å². The van der Waals surface area contributed by atoms with Crippen LogP contribution in [0.25, 0.3) is 0 Å². The van der Waals surface area contributed by atoms with Crippen molar-refractivity contribution >= 4 is 41.0 Å². The van der Waals surface area contributed by atoms with Gasteiger partial charge in [-0.25, -0.2) is 14.2 Å². The zero-order chi connectivity index (χ0) is 27.4. The van der Waals surface area contributed by atoms with Crippen molar-refractivity contribution in [3.8, 4) is 0 Å². The molecule has 0 aliphatic carbocycles. The fraction of sp³-hybridized carbons (Fsp3) is 0.286. The lowest BCUT2D eigenvalue weighted by Crippen LogP contribution is -2.70. The molecule has 198 valence electrons. The van der Waals surface area contributed by atoms with E-state index in [9.17, 15) is 18.8 Å². The van der Waals surface area contributed by atoms with E-state index in [4.69, 9.17) is 17.3 Å². The number of halogens is 2. The molecule has 4 rings (SSSR count). The van der Waals surface area contributed by atoms with Gasteiger partial charge in [-0.1, -0.05) is 43.1 Å². The molecule has 0 bridgehead atoms. The maximum atomic E-state index is 13.9. The van der Waals surface area contributed by atoms with Crippen molar-refractivity contribution in [1.82, 2.24) is 15.2 Å². The summed E-state index contributed by atoms with van der Waals surface area (Å²) in [5.41, 5.74) is 7.61. The van der Waals surface area contributed by atoms with Gasteiger partial charge in [0.05, 0.1) is 12.0 Å². The minimum atomic E-state index is -1.09. The van der Waals surface area contributed by atoms with E-state index in [0.717, 1.165) is 16.9 Å². The molecular weight excluding hydrogens is 509 g/mol. The summed E-state index contributed by atoms with van der Waals surface area (Å²) in [5, 5.41) is 3.43. The number of nitrogens with zero attached hydrogens (tertiary/aromatic N) is 3. The lowest BCUT2D eigenvalue weighted by molar-refractivity contribution is -0.156. The highest BCUT2D eigenvalue weighted by Gasteiger charge is 2.55. The first kappa shape index (κ1) is 27.1. The van der Waals surface area contributed by atoms with Crippen LogP contribution in [0.3, 0.4) is 0 Å². The number of nitrogens with one attached hydrogen (secondary N) is 1. The van der Waals surface area contributed by atoms with Crippen molar-refractivity contribution in [2.45, 2.75) is 38.3 Å². The molecule has 3 atom stereocenters. The Labute approximate surface area is 225 Å².